The number of halogens is 5. The molecule has 0 aliphatic heterocycles. The maximum atomic E-state index is 13.6. The van der Waals surface area contributed by atoms with Gasteiger partial charge in [-0.05, 0) is 29.8 Å². The van der Waals surface area contributed by atoms with E-state index in [9.17, 15) is 26.7 Å². The van der Waals surface area contributed by atoms with Crippen molar-refractivity contribution in [3.05, 3.63) is 59.8 Å². The van der Waals surface area contributed by atoms with Gasteiger partial charge in [-0.2, -0.15) is 18.2 Å². The molecule has 2 aromatic carbocycles. The van der Waals surface area contributed by atoms with E-state index in [1.54, 1.807) is 29.0 Å². The van der Waals surface area contributed by atoms with Crippen molar-refractivity contribution >= 4 is 17.2 Å². The average molecular weight is 479 g/mol. The summed E-state index contributed by atoms with van der Waals surface area (Å²) in [6, 6.07) is 10.4. The molecule has 11 heteroatoms. The maximum absolute atomic E-state index is 13.6. The number of hydrogen-bond acceptors (Lipinski definition) is 5. The molecule has 0 radical (unpaired) electrons. The lowest BCUT2D eigenvalue weighted by atomic mass is 10.0. The molecule has 0 bridgehead atoms. The monoisotopic (exact) mass is 479 g/mol. The van der Waals surface area contributed by atoms with Crippen LogP contribution in [0.4, 0.5) is 22.0 Å². The molecule has 2 heterocycles. The van der Waals surface area contributed by atoms with Gasteiger partial charge in [-0.15, -0.1) is 0 Å². The summed E-state index contributed by atoms with van der Waals surface area (Å²) in [5.74, 6) is 0.0295. The first kappa shape index (κ1) is 23.6. The van der Waals surface area contributed by atoms with Gasteiger partial charge in [0.05, 0.1) is 18.7 Å². The Hall–Kier alpha value is -3.60. The molecular formula is C23H18F5N3O3. The van der Waals surface area contributed by atoms with E-state index >= 15 is 0 Å². The molecule has 0 aliphatic rings. The smallest absolute Gasteiger partial charge is 0.368 e. The average Bonchev–Trinajstić information content (AvgIpc) is 3.47. The summed E-state index contributed by atoms with van der Waals surface area (Å²) in [7, 11) is 0. The Bertz CT molecular complexity index is 1290. The van der Waals surface area contributed by atoms with E-state index in [-0.39, 0.29) is 29.4 Å². The van der Waals surface area contributed by atoms with Crippen LogP contribution in [0, 0.1) is 0 Å². The van der Waals surface area contributed by atoms with E-state index in [0.717, 1.165) is 29.3 Å². The molecule has 0 N–H and O–H groups in total. The molecule has 0 aliphatic carbocycles. The minimum atomic E-state index is -4.74. The number of aldehydes is 1. The third kappa shape index (κ3) is 4.69. The first-order valence-corrected chi connectivity index (χ1v) is 10.1. The largest absolute Gasteiger partial charge is 0.416 e. The van der Waals surface area contributed by atoms with Gasteiger partial charge in [0, 0.05) is 28.2 Å². The summed E-state index contributed by atoms with van der Waals surface area (Å²) >= 11 is 0. The fourth-order valence-electron chi connectivity index (χ4n) is 3.55. The maximum Gasteiger partial charge on any atom is 0.416 e. The number of nitrogens with zero attached hydrogens (tertiary/aromatic N) is 3. The van der Waals surface area contributed by atoms with Gasteiger partial charge >= 0.3 is 6.18 Å². The van der Waals surface area contributed by atoms with Crippen molar-refractivity contribution in [1.82, 2.24) is 14.7 Å². The van der Waals surface area contributed by atoms with Crippen LogP contribution in [-0.4, -0.2) is 40.4 Å². The van der Waals surface area contributed by atoms with Crippen LogP contribution in [0.2, 0.25) is 0 Å². The molecule has 178 valence electrons. The van der Waals surface area contributed by atoms with E-state index in [1.807, 2.05) is 6.07 Å². The normalized spacial score (nSPS) is 12.1. The van der Waals surface area contributed by atoms with Gasteiger partial charge in [0.15, 0.2) is 0 Å². The van der Waals surface area contributed by atoms with E-state index in [2.05, 4.69) is 10.1 Å². The van der Waals surface area contributed by atoms with Crippen LogP contribution < -0.4 is 0 Å². The third-order valence-electron chi connectivity index (χ3n) is 5.23. The summed E-state index contributed by atoms with van der Waals surface area (Å²) in [4.78, 5) is 15.1. The Morgan fingerprint density at radius 3 is 2.62 bits per heavy atom. The van der Waals surface area contributed by atoms with Gasteiger partial charge in [-0.1, -0.05) is 23.4 Å². The van der Waals surface area contributed by atoms with Crippen molar-refractivity contribution in [1.29, 1.82) is 0 Å². The molecule has 0 saturated carbocycles. The standard InChI is InChI=1S/C23H18F5N3O3/c24-11-16(12-25)33-13-15-5-4-14(10-19(15)23(26,27)28)22-29-21(30-34-22)18-2-1-3-20-17(18)6-7-31(20)8-9-32/h1-7,9-10,16H,8,11-13H2. The second-order valence-electron chi connectivity index (χ2n) is 7.41. The van der Waals surface area contributed by atoms with Crippen molar-refractivity contribution in [3.63, 3.8) is 0 Å². The number of fused-ring (bicyclic) bond motifs is 1. The fourth-order valence-corrected chi connectivity index (χ4v) is 3.55. The van der Waals surface area contributed by atoms with Gasteiger partial charge in [-0.3, -0.25) is 0 Å². The zero-order valence-corrected chi connectivity index (χ0v) is 17.6. The number of hydrogen-bond donors (Lipinski definition) is 0. The Balaban J connectivity index is 1.67. The highest BCUT2D eigenvalue weighted by atomic mass is 19.4. The molecular weight excluding hydrogens is 461 g/mol. The summed E-state index contributed by atoms with van der Waals surface area (Å²) in [5.41, 5.74) is 0.0627. The Morgan fingerprint density at radius 2 is 1.91 bits per heavy atom. The molecule has 0 atom stereocenters. The van der Waals surface area contributed by atoms with Crippen molar-refractivity contribution in [2.24, 2.45) is 0 Å². The second-order valence-corrected chi connectivity index (χ2v) is 7.41. The highest BCUT2D eigenvalue weighted by molar-refractivity contribution is 5.94. The highest BCUT2D eigenvalue weighted by Crippen LogP contribution is 2.36. The van der Waals surface area contributed by atoms with Crippen molar-refractivity contribution in [2.75, 3.05) is 13.3 Å². The zero-order chi connectivity index (χ0) is 24.3. The lowest BCUT2D eigenvalue weighted by Gasteiger charge is -2.16. The molecule has 4 aromatic rings. The summed E-state index contributed by atoms with van der Waals surface area (Å²) in [5, 5.41) is 4.66. The van der Waals surface area contributed by atoms with Crippen LogP contribution in [0.1, 0.15) is 11.1 Å². The quantitative estimate of drug-likeness (QED) is 0.238. The molecule has 0 saturated heterocycles. The molecule has 0 amide bonds. The van der Waals surface area contributed by atoms with Crippen LogP contribution in [-0.2, 0) is 28.9 Å². The molecule has 2 aromatic heterocycles. The molecule has 0 spiro atoms. The van der Waals surface area contributed by atoms with Gasteiger partial charge in [0.2, 0.25) is 5.82 Å². The van der Waals surface area contributed by atoms with Crippen molar-refractivity contribution in [3.8, 4) is 22.8 Å². The van der Waals surface area contributed by atoms with Crippen LogP contribution in [0.25, 0.3) is 33.7 Å². The van der Waals surface area contributed by atoms with E-state index in [0.29, 0.717) is 5.56 Å². The molecule has 4 rings (SSSR count). The number of aromatic nitrogens is 3. The van der Waals surface area contributed by atoms with Gasteiger partial charge in [-0.25, -0.2) is 8.78 Å². The van der Waals surface area contributed by atoms with E-state index in [1.165, 1.54) is 6.07 Å². The Kier molecular flexibility index (Phi) is 6.73. The zero-order valence-electron chi connectivity index (χ0n) is 17.6. The van der Waals surface area contributed by atoms with Crippen molar-refractivity contribution in [2.45, 2.75) is 25.4 Å². The first-order valence-electron chi connectivity index (χ1n) is 10.1. The predicted octanol–water partition coefficient (Wildman–Crippen LogP) is 5.40. The lowest BCUT2D eigenvalue weighted by molar-refractivity contribution is -0.139. The van der Waals surface area contributed by atoms with Gasteiger partial charge < -0.3 is 18.6 Å². The topological polar surface area (TPSA) is 70.2 Å². The highest BCUT2D eigenvalue weighted by Gasteiger charge is 2.34. The Labute approximate surface area is 189 Å². The summed E-state index contributed by atoms with van der Waals surface area (Å²) < 4.78 is 78.1. The van der Waals surface area contributed by atoms with Crippen molar-refractivity contribution < 1.29 is 36.0 Å². The Morgan fingerprint density at radius 1 is 1.12 bits per heavy atom. The molecule has 34 heavy (non-hydrogen) atoms. The van der Waals surface area contributed by atoms with Crippen LogP contribution in [0.3, 0.4) is 0 Å². The van der Waals surface area contributed by atoms with E-state index in [4.69, 9.17) is 9.26 Å². The molecule has 6 nitrogen and oxygen atoms in total. The number of alkyl halides is 5. The predicted molar refractivity (Wildman–Crippen MR) is 112 cm³/mol. The number of ether oxygens (including phenoxy) is 1. The van der Waals surface area contributed by atoms with Crippen LogP contribution >= 0.6 is 0 Å². The molecule has 0 unspecified atom stereocenters. The second kappa shape index (κ2) is 9.72. The van der Waals surface area contributed by atoms with Gasteiger partial charge in [0.25, 0.3) is 5.89 Å². The minimum absolute atomic E-state index is 0.0214. The lowest BCUT2D eigenvalue weighted by Crippen LogP contribution is -2.19. The SMILES string of the molecule is O=CCn1ccc2c(-c3noc(-c4ccc(COC(CF)CF)c(C(F)(F)F)c4)n3)cccc21. The number of carbonyl (C=O) groups is 1. The summed E-state index contributed by atoms with van der Waals surface area (Å²) in [6.45, 7) is -2.74. The van der Waals surface area contributed by atoms with Crippen LogP contribution in [0.15, 0.2) is 53.2 Å². The number of carbonyl (C=O) groups excluding carboxylic acids is 1. The fraction of sp³-hybridized carbons (Fsp3) is 0.261. The molecule has 0 fully saturated rings. The first-order chi connectivity index (χ1) is 16.4. The third-order valence-corrected chi connectivity index (χ3v) is 5.23. The minimum Gasteiger partial charge on any atom is -0.368 e. The summed E-state index contributed by atoms with van der Waals surface area (Å²) in [6.07, 6.45) is -3.67. The van der Waals surface area contributed by atoms with Crippen LogP contribution in [0.5, 0.6) is 0 Å². The van der Waals surface area contributed by atoms with E-state index < -0.39 is 37.8 Å². The number of rotatable bonds is 9. The van der Waals surface area contributed by atoms with Gasteiger partial charge in [0.1, 0.15) is 25.7 Å². The number of benzene rings is 2.